The van der Waals surface area contributed by atoms with Crippen LogP contribution in [-0.4, -0.2) is 9.13 Å². The van der Waals surface area contributed by atoms with E-state index in [0.717, 1.165) is 55.4 Å². The molecule has 5 nitrogen and oxygen atoms in total. The molecule has 0 radical (unpaired) electrons. The number of nitriles is 2. The number of aromatic nitrogens is 2. The van der Waals surface area contributed by atoms with Gasteiger partial charge in [0.15, 0.2) is 0 Å². The van der Waals surface area contributed by atoms with Crippen LogP contribution in [0.25, 0.3) is 82.1 Å². The molecule has 0 bridgehead atoms. The van der Waals surface area contributed by atoms with Crippen LogP contribution in [0.5, 0.6) is 0 Å². The SMILES string of the molecule is [C-]#[N+]c1cccc2c3cc(C#N)ccc3n(-c3ccc(C#N)cc3-c3ccc(-c4ccc(-n5c6ccccc6c6ccccc65)cc4)cc3)c12. The third-order valence-electron chi connectivity index (χ3n) is 9.62. The lowest BCUT2D eigenvalue weighted by Crippen LogP contribution is -1.98. The maximum Gasteiger partial charge on any atom is 0.211 e. The normalized spacial score (nSPS) is 11.1. The van der Waals surface area contributed by atoms with Crippen LogP contribution in [0.1, 0.15) is 11.1 Å². The fraction of sp³-hybridized carbons (Fsp3) is 0. The van der Waals surface area contributed by atoms with Gasteiger partial charge in [0.25, 0.3) is 0 Å². The average molecular weight is 636 g/mol. The summed E-state index contributed by atoms with van der Waals surface area (Å²) in [7, 11) is 0. The molecular weight excluding hydrogens is 611 g/mol. The molecule has 0 saturated carbocycles. The van der Waals surface area contributed by atoms with Gasteiger partial charge in [0.05, 0.1) is 57.6 Å². The molecule has 2 heterocycles. The van der Waals surface area contributed by atoms with Crippen LogP contribution in [0.2, 0.25) is 0 Å². The second kappa shape index (κ2) is 11.4. The fourth-order valence-electron chi connectivity index (χ4n) is 7.34. The number of para-hydroxylation sites is 3. The van der Waals surface area contributed by atoms with Gasteiger partial charge < -0.3 is 9.13 Å². The monoisotopic (exact) mass is 635 g/mol. The minimum Gasteiger partial charge on any atom is -0.318 e. The predicted octanol–water partition coefficient (Wildman–Crippen LogP) is 11.5. The first-order valence-electron chi connectivity index (χ1n) is 16.3. The van der Waals surface area contributed by atoms with Crippen LogP contribution in [0.15, 0.2) is 152 Å². The number of hydrogen-bond donors (Lipinski definition) is 0. The van der Waals surface area contributed by atoms with Crippen LogP contribution in [0, 0.1) is 29.2 Å². The molecule has 0 amide bonds. The molecule has 50 heavy (non-hydrogen) atoms. The van der Waals surface area contributed by atoms with Gasteiger partial charge in [-0.1, -0.05) is 91.0 Å². The lowest BCUT2D eigenvalue weighted by Gasteiger charge is -2.16. The first-order valence-corrected chi connectivity index (χ1v) is 16.3. The van der Waals surface area contributed by atoms with Crippen molar-refractivity contribution in [3.8, 4) is 45.8 Å². The van der Waals surface area contributed by atoms with Crippen molar-refractivity contribution in [2.24, 2.45) is 0 Å². The van der Waals surface area contributed by atoms with Crippen LogP contribution in [-0.2, 0) is 0 Å². The van der Waals surface area contributed by atoms with E-state index >= 15 is 0 Å². The van der Waals surface area contributed by atoms with Crippen molar-refractivity contribution in [1.29, 1.82) is 10.5 Å². The molecule has 0 aliphatic rings. The van der Waals surface area contributed by atoms with Crippen molar-refractivity contribution in [3.05, 3.63) is 174 Å². The van der Waals surface area contributed by atoms with Gasteiger partial charge in [0.2, 0.25) is 5.69 Å². The summed E-state index contributed by atoms with van der Waals surface area (Å²) in [6.45, 7) is 7.96. The van der Waals surface area contributed by atoms with Crippen molar-refractivity contribution in [3.63, 3.8) is 0 Å². The molecule has 0 unspecified atom stereocenters. The van der Waals surface area contributed by atoms with E-state index < -0.39 is 0 Å². The molecule has 5 heteroatoms. The highest BCUT2D eigenvalue weighted by molar-refractivity contribution is 6.14. The van der Waals surface area contributed by atoms with Crippen LogP contribution in [0.4, 0.5) is 5.69 Å². The molecule has 9 rings (SSSR count). The van der Waals surface area contributed by atoms with Crippen LogP contribution in [0.3, 0.4) is 0 Å². The topological polar surface area (TPSA) is 61.8 Å². The Hall–Kier alpha value is -7.39. The number of nitrogens with zero attached hydrogens (tertiary/aromatic N) is 5. The maximum atomic E-state index is 9.89. The van der Waals surface area contributed by atoms with Crippen molar-refractivity contribution in [2.75, 3.05) is 0 Å². The third kappa shape index (κ3) is 4.38. The summed E-state index contributed by atoms with van der Waals surface area (Å²) in [5.74, 6) is 0. The summed E-state index contributed by atoms with van der Waals surface area (Å²) in [5.41, 5.74) is 11.6. The minimum atomic E-state index is 0.521. The fourth-order valence-corrected chi connectivity index (χ4v) is 7.34. The van der Waals surface area contributed by atoms with Gasteiger partial charge >= 0.3 is 0 Å². The van der Waals surface area contributed by atoms with E-state index in [1.807, 2.05) is 48.5 Å². The zero-order valence-corrected chi connectivity index (χ0v) is 26.7. The highest BCUT2D eigenvalue weighted by Gasteiger charge is 2.19. The van der Waals surface area contributed by atoms with Gasteiger partial charge in [0, 0.05) is 27.4 Å². The zero-order chi connectivity index (χ0) is 33.8. The van der Waals surface area contributed by atoms with Crippen molar-refractivity contribution in [2.45, 2.75) is 0 Å². The lowest BCUT2D eigenvalue weighted by molar-refractivity contribution is 1.18. The highest BCUT2D eigenvalue weighted by atomic mass is 15.0. The lowest BCUT2D eigenvalue weighted by atomic mass is 9.97. The zero-order valence-electron chi connectivity index (χ0n) is 26.7. The van der Waals surface area contributed by atoms with Gasteiger partial charge in [-0.15, -0.1) is 0 Å². The first-order chi connectivity index (χ1) is 24.7. The molecule has 0 aliphatic carbocycles. The quantitative estimate of drug-likeness (QED) is 0.181. The van der Waals surface area contributed by atoms with Crippen molar-refractivity contribution >= 4 is 49.3 Å². The summed E-state index contributed by atoms with van der Waals surface area (Å²) in [6, 6.07) is 55.7. The molecule has 0 saturated heterocycles. The molecule has 0 atom stereocenters. The summed E-state index contributed by atoms with van der Waals surface area (Å²) >= 11 is 0. The summed E-state index contributed by atoms with van der Waals surface area (Å²) in [5, 5.41) is 23.8. The molecule has 2 aromatic heterocycles. The smallest absolute Gasteiger partial charge is 0.211 e. The van der Waals surface area contributed by atoms with E-state index in [0.29, 0.717) is 16.8 Å². The Morgan fingerprint density at radius 1 is 0.480 bits per heavy atom. The Balaban J connectivity index is 1.15. The van der Waals surface area contributed by atoms with E-state index in [9.17, 15) is 10.5 Å². The third-order valence-corrected chi connectivity index (χ3v) is 9.62. The number of rotatable bonds is 4. The molecular formula is C45H25N5. The number of fused-ring (bicyclic) bond motifs is 6. The van der Waals surface area contributed by atoms with E-state index in [2.05, 4.69) is 123 Å². The number of hydrogen-bond acceptors (Lipinski definition) is 2. The van der Waals surface area contributed by atoms with Gasteiger partial charge in [-0.05, 0) is 82.7 Å². The maximum absolute atomic E-state index is 9.89. The molecule has 0 spiro atoms. The Morgan fingerprint density at radius 2 is 1.04 bits per heavy atom. The Morgan fingerprint density at radius 3 is 1.70 bits per heavy atom. The molecule has 7 aromatic carbocycles. The van der Waals surface area contributed by atoms with E-state index in [1.165, 1.54) is 21.8 Å². The molecule has 9 aromatic rings. The van der Waals surface area contributed by atoms with Crippen LogP contribution < -0.4 is 0 Å². The van der Waals surface area contributed by atoms with E-state index in [1.54, 1.807) is 6.07 Å². The van der Waals surface area contributed by atoms with Gasteiger partial charge in [-0.2, -0.15) is 10.5 Å². The largest absolute Gasteiger partial charge is 0.318 e. The number of benzene rings is 7. The van der Waals surface area contributed by atoms with Gasteiger partial charge in [0.1, 0.15) is 0 Å². The van der Waals surface area contributed by atoms with E-state index in [-0.39, 0.29) is 0 Å². The molecule has 0 N–H and O–H groups in total. The van der Waals surface area contributed by atoms with E-state index in [4.69, 9.17) is 6.57 Å². The highest BCUT2D eigenvalue weighted by Crippen LogP contribution is 2.41. The first kappa shape index (κ1) is 28.8. The summed E-state index contributed by atoms with van der Waals surface area (Å²) in [4.78, 5) is 3.87. The Kier molecular flexibility index (Phi) is 6.56. The van der Waals surface area contributed by atoms with Gasteiger partial charge in [-0.3, -0.25) is 0 Å². The molecule has 0 fully saturated rings. The van der Waals surface area contributed by atoms with Crippen molar-refractivity contribution in [1.82, 2.24) is 9.13 Å². The van der Waals surface area contributed by atoms with Crippen LogP contribution >= 0.6 is 0 Å². The second-order valence-corrected chi connectivity index (χ2v) is 12.3. The molecule has 0 aliphatic heterocycles. The second-order valence-electron chi connectivity index (χ2n) is 12.3. The standard InChI is InChI=1S/C45H25N5/c1-48-40-10-6-9-37-39-26-30(28-47)14-24-44(39)50(45(37)40)43-23-13-29(27-46)25-38(43)33-17-15-31(16-18-33)32-19-21-34(22-20-32)49-41-11-4-2-7-35(41)36-8-3-5-12-42(36)49/h2-26H. The Labute approximate surface area is 288 Å². The Bertz CT molecular complexity index is 2890. The van der Waals surface area contributed by atoms with Gasteiger partial charge in [-0.25, -0.2) is 4.85 Å². The summed E-state index contributed by atoms with van der Waals surface area (Å²) in [6.07, 6.45) is 0. The minimum absolute atomic E-state index is 0.521. The predicted molar refractivity (Wildman–Crippen MR) is 202 cm³/mol. The van der Waals surface area contributed by atoms with Crippen molar-refractivity contribution < 1.29 is 0 Å². The summed E-state index contributed by atoms with van der Waals surface area (Å²) < 4.78 is 4.41. The molecule has 230 valence electrons. The average Bonchev–Trinajstić information content (AvgIpc) is 3.70.